The van der Waals surface area contributed by atoms with Crippen LogP contribution in [0.25, 0.3) is 0 Å². The van der Waals surface area contributed by atoms with Crippen LogP contribution in [0.15, 0.2) is 0 Å². The average Bonchev–Trinajstić information content (AvgIpc) is 1.82. The third kappa shape index (κ3) is 3.22. The smallest absolute Gasteiger partial charge is 0.333 e. The Morgan fingerprint density at radius 1 is 1.42 bits per heavy atom. The van der Waals surface area contributed by atoms with Gasteiger partial charge < -0.3 is 10.2 Å². The Labute approximate surface area is 73.4 Å². The van der Waals surface area contributed by atoms with Gasteiger partial charge in [-0.1, -0.05) is 27.7 Å². The second-order valence-electron chi connectivity index (χ2n) is 4.33. The SMILES string of the molecule is CC(C)CC(C)(C)C(O)C(=O)O. The van der Waals surface area contributed by atoms with Crippen molar-refractivity contribution in [3.8, 4) is 0 Å². The first-order valence-electron chi connectivity index (χ1n) is 4.18. The maximum atomic E-state index is 10.5. The van der Waals surface area contributed by atoms with Crippen molar-refractivity contribution < 1.29 is 15.0 Å². The lowest BCUT2D eigenvalue weighted by molar-refractivity contribution is -0.153. The molecule has 0 saturated carbocycles. The molecule has 0 aliphatic carbocycles. The minimum Gasteiger partial charge on any atom is -0.479 e. The molecule has 0 rings (SSSR count). The molecule has 2 N–H and O–H groups in total. The van der Waals surface area contributed by atoms with Gasteiger partial charge in [-0.15, -0.1) is 0 Å². The fraction of sp³-hybridized carbons (Fsp3) is 0.889. The lowest BCUT2D eigenvalue weighted by atomic mass is 9.79. The fourth-order valence-electron chi connectivity index (χ4n) is 1.50. The number of carboxylic acid groups (broad SMARTS) is 1. The molecule has 0 heterocycles. The van der Waals surface area contributed by atoms with Crippen LogP contribution in [0.3, 0.4) is 0 Å². The largest absolute Gasteiger partial charge is 0.479 e. The van der Waals surface area contributed by atoms with Crippen LogP contribution in [0.1, 0.15) is 34.1 Å². The Hall–Kier alpha value is -0.570. The van der Waals surface area contributed by atoms with Gasteiger partial charge in [0.15, 0.2) is 6.10 Å². The topological polar surface area (TPSA) is 57.5 Å². The van der Waals surface area contributed by atoms with E-state index < -0.39 is 17.5 Å². The van der Waals surface area contributed by atoms with Crippen LogP contribution in [0.5, 0.6) is 0 Å². The van der Waals surface area contributed by atoms with Crippen molar-refractivity contribution in [2.75, 3.05) is 0 Å². The summed E-state index contributed by atoms with van der Waals surface area (Å²) in [5.74, 6) is -0.741. The molecule has 0 amide bonds. The Kier molecular flexibility index (Phi) is 3.71. The first-order chi connectivity index (χ1) is 5.27. The van der Waals surface area contributed by atoms with Gasteiger partial charge in [-0.2, -0.15) is 0 Å². The molecule has 0 aromatic rings. The van der Waals surface area contributed by atoms with Crippen molar-refractivity contribution in [3.63, 3.8) is 0 Å². The van der Waals surface area contributed by atoms with E-state index >= 15 is 0 Å². The van der Waals surface area contributed by atoms with E-state index in [1.54, 1.807) is 13.8 Å². The van der Waals surface area contributed by atoms with Gasteiger partial charge in [0.25, 0.3) is 0 Å². The van der Waals surface area contributed by atoms with Crippen LogP contribution in [-0.2, 0) is 4.79 Å². The normalized spacial score (nSPS) is 14.8. The van der Waals surface area contributed by atoms with Crippen molar-refractivity contribution >= 4 is 5.97 Å². The summed E-state index contributed by atoms with van der Waals surface area (Å²) in [5, 5.41) is 17.9. The molecular formula is C9H18O3. The summed E-state index contributed by atoms with van der Waals surface area (Å²) in [5.41, 5.74) is -0.542. The third-order valence-electron chi connectivity index (χ3n) is 1.91. The summed E-state index contributed by atoms with van der Waals surface area (Å²) in [6.45, 7) is 7.56. The van der Waals surface area contributed by atoms with Gasteiger partial charge in [0.1, 0.15) is 0 Å². The van der Waals surface area contributed by atoms with Gasteiger partial charge in [0.2, 0.25) is 0 Å². The molecule has 0 bridgehead atoms. The fourth-order valence-corrected chi connectivity index (χ4v) is 1.50. The quantitative estimate of drug-likeness (QED) is 0.679. The molecule has 0 aliphatic rings. The van der Waals surface area contributed by atoms with E-state index in [4.69, 9.17) is 5.11 Å². The highest BCUT2D eigenvalue weighted by molar-refractivity contribution is 5.72. The molecule has 0 aromatic heterocycles. The molecular weight excluding hydrogens is 156 g/mol. The summed E-state index contributed by atoms with van der Waals surface area (Å²) < 4.78 is 0. The van der Waals surface area contributed by atoms with Gasteiger partial charge in [0.05, 0.1) is 0 Å². The highest BCUT2D eigenvalue weighted by Crippen LogP contribution is 2.29. The molecule has 1 unspecified atom stereocenters. The van der Waals surface area contributed by atoms with Crippen LogP contribution >= 0.6 is 0 Å². The summed E-state index contributed by atoms with van der Waals surface area (Å²) in [6, 6.07) is 0. The molecule has 0 radical (unpaired) electrons. The summed E-state index contributed by atoms with van der Waals surface area (Å²) in [6.07, 6.45) is -0.555. The van der Waals surface area contributed by atoms with Crippen LogP contribution in [-0.4, -0.2) is 22.3 Å². The number of rotatable bonds is 4. The van der Waals surface area contributed by atoms with Gasteiger partial charge in [0, 0.05) is 5.41 Å². The van der Waals surface area contributed by atoms with E-state index in [1.165, 1.54) is 0 Å². The second kappa shape index (κ2) is 3.90. The zero-order valence-corrected chi connectivity index (χ0v) is 8.16. The second-order valence-corrected chi connectivity index (χ2v) is 4.33. The molecule has 0 spiro atoms. The van der Waals surface area contributed by atoms with E-state index in [9.17, 15) is 9.90 Å². The summed E-state index contributed by atoms with van der Waals surface area (Å²) >= 11 is 0. The molecule has 0 aliphatic heterocycles. The van der Waals surface area contributed by atoms with Gasteiger partial charge in [-0.05, 0) is 12.3 Å². The molecule has 0 aromatic carbocycles. The minimum atomic E-state index is -1.26. The highest BCUT2D eigenvalue weighted by Gasteiger charge is 2.33. The standard InChI is InChI=1S/C9H18O3/c1-6(2)5-9(3,4)7(10)8(11)12/h6-7,10H,5H2,1-4H3,(H,11,12). The number of aliphatic hydroxyl groups is 1. The molecule has 1 atom stereocenters. The monoisotopic (exact) mass is 174 g/mol. The first-order valence-corrected chi connectivity index (χ1v) is 4.18. The van der Waals surface area contributed by atoms with Gasteiger partial charge in [-0.3, -0.25) is 0 Å². The Morgan fingerprint density at radius 2 is 1.83 bits per heavy atom. The average molecular weight is 174 g/mol. The maximum absolute atomic E-state index is 10.5. The molecule has 0 saturated heterocycles. The highest BCUT2D eigenvalue weighted by atomic mass is 16.4. The predicted octanol–water partition coefficient (Wildman–Crippen LogP) is 1.50. The van der Waals surface area contributed by atoms with Crippen molar-refractivity contribution in [3.05, 3.63) is 0 Å². The van der Waals surface area contributed by atoms with E-state index in [0.29, 0.717) is 12.3 Å². The van der Waals surface area contributed by atoms with Crippen molar-refractivity contribution in [2.45, 2.75) is 40.2 Å². The van der Waals surface area contributed by atoms with Crippen LogP contribution in [0.4, 0.5) is 0 Å². The van der Waals surface area contributed by atoms with E-state index in [-0.39, 0.29) is 0 Å². The Balaban J connectivity index is 4.28. The minimum absolute atomic E-state index is 0.397. The van der Waals surface area contributed by atoms with Crippen LogP contribution in [0.2, 0.25) is 0 Å². The van der Waals surface area contributed by atoms with Gasteiger partial charge >= 0.3 is 5.97 Å². The molecule has 3 nitrogen and oxygen atoms in total. The van der Waals surface area contributed by atoms with Gasteiger partial charge in [-0.25, -0.2) is 4.79 Å². The number of hydrogen-bond acceptors (Lipinski definition) is 2. The van der Waals surface area contributed by atoms with Crippen molar-refractivity contribution in [2.24, 2.45) is 11.3 Å². The maximum Gasteiger partial charge on any atom is 0.333 e. The summed E-state index contributed by atoms with van der Waals surface area (Å²) in [4.78, 5) is 10.5. The molecule has 3 heteroatoms. The predicted molar refractivity (Wildman–Crippen MR) is 46.9 cm³/mol. The lowest BCUT2D eigenvalue weighted by Crippen LogP contribution is -2.37. The molecule has 72 valence electrons. The van der Waals surface area contributed by atoms with E-state index in [0.717, 1.165) is 0 Å². The first kappa shape index (κ1) is 11.4. The van der Waals surface area contributed by atoms with Crippen molar-refractivity contribution in [1.29, 1.82) is 0 Å². The molecule has 12 heavy (non-hydrogen) atoms. The van der Waals surface area contributed by atoms with E-state index in [1.807, 2.05) is 13.8 Å². The lowest BCUT2D eigenvalue weighted by Gasteiger charge is -2.29. The third-order valence-corrected chi connectivity index (χ3v) is 1.91. The zero-order valence-electron chi connectivity index (χ0n) is 8.16. The number of hydrogen-bond donors (Lipinski definition) is 2. The zero-order chi connectivity index (χ0) is 9.94. The number of carboxylic acids is 1. The number of carbonyl (C=O) groups is 1. The number of aliphatic hydroxyl groups excluding tert-OH is 1. The van der Waals surface area contributed by atoms with E-state index in [2.05, 4.69) is 0 Å². The number of aliphatic carboxylic acids is 1. The molecule has 0 fully saturated rings. The summed E-state index contributed by atoms with van der Waals surface area (Å²) in [7, 11) is 0. The Bertz CT molecular complexity index is 161. The van der Waals surface area contributed by atoms with Crippen LogP contribution in [0, 0.1) is 11.3 Å². The van der Waals surface area contributed by atoms with Crippen molar-refractivity contribution in [1.82, 2.24) is 0 Å². The van der Waals surface area contributed by atoms with Crippen LogP contribution < -0.4 is 0 Å². The Morgan fingerprint density at radius 3 is 2.08 bits per heavy atom.